The van der Waals surface area contributed by atoms with Crippen LogP contribution in [0.3, 0.4) is 0 Å². The van der Waals surface area contributed by atoms with E-state index in [1.165, 1.54) is 0 Å². The van der Waals surface area contributed by atoms with Gasteiger partial charge in [0, 0.05) is 16.3 Å². The topological polar surface area (TPSA) is 73.9 Å². The molecule has 0 radical (unpaired) electrons. The lowest BCUT2D eigenvalue weighted by atomic mass is 10.2. The van der Waals surface area contributed by atoms with E-state index >= 15 is 0 Å². The lowest BCUT2D eigenvalue weighted by Gasteiger charge is -2.11. The fraction of sp³-hybridized carbons (Fsp3) is 0.130. The molecular formula is C23H20ClNO5. The van der Waals surface area contributed by atoms with Crippen molar-refractivity contribution in [2.24, 2.45) is 0 Å². The maximum atomic E-state index is 12.3. The lowest BCUT2D eigenvalue weighted by Crippen LogP contribution is -2.18. The smallest absolute Gasteiger partial charge is 0.349 e. The summed E-state index contributed by atoms with van der Waals surface area (Å²) in [6.07, 6.45) is 0. The van der Waals surface area contributed by atoms with Gasteiger partial charge < -0.3 is 19.5 Å². The van der Waals surface area contributed by atoms with Crippen LogP contribution in [0, 0.1) is 0 Å². The maximum Gasteiger partial charge on any atom is 0.349 e. The average Bonchev–Trinajstić information content (AvgIpc) is 2.75. The molecule has 0 heterocycles. The fourth-order valence-corrected chi connectivity index (χ4v) is 2.68. The number of carbonyl (C=O) groups excluding carboxylic acids is 2. The summed E-state index contributed by atoms with van der Waals surface area (Å²) in [5.74, 6) is 0.477. The Labute approximate surface area is 179 Å². The van der Waals surface area contributed by atoms with Crippen molar-refractivity contribution in [1.29, 1.82) is 0 Å². The molecule has 6 nitrogen and oxygen atoms in total. The van der Waals surface area contributed by atoms with E-state index < -0.39 is 5.97 Å². The maximum absolute atomic E-state index is 12.3. The summed E-state index contributed by atoms with van der Waals surface area (Å²) in [5, 5.41) is 3.35. The molecule has 0 saturated carbocycles. The van der Waals surface area contributed by atoms with Crippen LogP contribution in [0.2, 0.25) is 5.02 Å². The molecule has 3 aromatic carbocycles. The minimum Gasteiger partial charge on any atom is -0.490 e. The minimum atomic E-state index is -0.570. The molecule has 1 N–H and O–H groups in total. The number of hydrogen-bond acceptors (Lipinski definition) is 5. The minimum absolute atomic E-state index is 0.275. The molecule has 0 bridgehead atoms. The number of para-hydroxylation sites is 2. The fourth-order valence-electron chi connectivity index (χ4n) is 2.55. The number of rotatable bonds is 8. The first-order valence-corrected chi connectivity index (χ1v) is 9.65. The Morgan fingerprint density at radius 3 is 2.13 bits per heavy atom. The third-order valence-corrected chi connectivity index (χ3v) is 4.20. The van der Waals surface area contributed by atoms with Crippen LogP contribution in [-0.4, -0.2) is 25.1 Å². The number of esters is 1. The Balaban J connectivity index is 1.53. The van der Waals surface area contributed by atoms with Crippen LogP contribution in [0.5, 0.6) is 17.2 Å². The molecule has 3 aromatic rings. The van der Waals surface area contributed by atoms with Gasteiger partial charge in [-0.3, -0.25) is 4.79 Å². The van der Waals surface area contributed by atoms with Crippen LogP contribution in [0.4, 0.5) is 5.69 Å². The number of anilines is 1. The molecule has 0 atom stereocenters. The van der Waals surface area contributed by atoms with Gasteiger partial charge in [0.25, 0.3) is 5.91 Å². The van der Waals surface area contributed by atoms with Crippen molar-refractivity contribution < 1.29 is 23.8 Å². The van der Waals surface area contributed by atoms with Gasteiger partial charge in [-0.05, 0) is 67.6 Å². The summed E-state index contributed by atoms with van der Waals surface area (Å²) in [7, 11) is 0. The number of benzene rings is 3. The average molecular weight is 426 g/mol. The Hall–Kier alpha value is -3.51. The molecule has 0 saturated heterocycles. The molecule has 0 fully saturated rings. The van der Waals surface area contributed by atoms with Crippen LogP contribution in [0.15, 0.2) is 72.8 Å². The first kappa shape index (κ1) is 21.2. The number of nitrogens with one attached hydrogen (secondary N) is 1. The quantitative estimate of drug-likeness (QED) is 0.407. The third kappa shape index (κ3) is 5.99. The van der Waals surface area contributed by atoms with Crippen LogP contribution < -0.4 is 19.5 Å². The third-order valence-electron chi connectivity index (χ3n) is 3.94. The molecule has 30 heavy (non-hydrogen) atoms. The van der Waals surface area contributed by atoms with Crippen LogP contribution >= 0.6 is 11.6 Å². The molecule has 3 rings (SSSR count). The van der Waals surface area contributed by atoms with E-state index in [9.17, 15) is 9.59 Å². The number of hydrogen-bond donors (Lipinski definition) is 1. The second-order valence-electron chi connectivity index (χ2n) is 6.13. The highest BCUT2D eigenvalue weighted by atomic mass is 35.5. The van der Waals surface area contributed by atoms with Gasteiger partial charge in [-0.25, -0.2) is 4.79 Å². The summed E-state index contributed by atoms with van der Waals surface area (Å²) in [6, 6.07) is 20.1. The van der Waals surface area contributed by atoms with Gasteiger partial charge >= 0.3 is 5.97 Å². The van der Waals surface area contributed by atoms with Crippen molar-refractivity contribution in [2.75, 3.05) is 18.5 Å². The van der Waals surface area contributed by atoms with Gasteiger partial charge in [0.05, 0.1) is 6.61 Å². The molecule has 0 aliphatic carbocycles. The highest BCUT2D eigenvalue weighted by Crippen LogP contribution is 2.26. The molecule has 7 heteroatoms. The van der Waals surface area contributed by atoms with E-state index in [0.717, 1.165) is 0 Å². The van der Waals surface area contributed by atoms with Crippen LogP contribution in [-0.2, 0) is 4.79 Å². The molecule has 154 valence electrons. The van der Waals surface area contributed by atoms with E-state index in [1.807, 2.05) is 13.0 Å². The van der Waals surface area contributed by atoms with E-state index in [2.05, 4.69) is 5.32 Å². The molecule has 0 spiro atoms. The number of carbonyl (C=O) groups is 2. The van der Waals surface area contributed by atoms with Crippen molar-refractivity contribution in [3.8, 4) is 17.2 Å². The molecular weight excluding hydrogens is 406 g/mol. The predicted molar refractivity (Wildman–Crippen MR) is 115 cm³/mol. The zero-order valence-electron chi connectivity index (χ0n) is 16.3. The number of ether oxygens (including phenoxy) is 3. The van der Waals surface area contributed by atoms with Gasteiger partial charge in [-0.2, -0.15) is 0 Å². The molecule has 1 amide bonds. The molecule has 0 unspecified atom stereocenters. The molecule has 0 aliphatic rings. The van der Waals surface area contributed by atoms with Gasteiger partial charge in [0.15, 0.2) is 18.1 Å². The first-order valence-electron chi connectivity index (χ1n) is 9.27. The summed E-state index contributed by atoms with van der Waals surface area (Å²) in [5.41, 5.74) is 1.05. The van der Waals surface area contributed by atoms with E-state index in [4.69, 9.17) is 25.8 Å². The lowest BCUT2D eigenvalue weighted by molar-refractivity contribution is -0.136. The number of amides is 1. The highest BCUT2D eigenvalue weighted by molar-refractivity contribution is 6.30. The van der Waals surface area contributed by atoms with E-state index in [0.29, 0.717) is 40.1 Å². The van der Waals surface area contributed by atoms with Gasteiger partial charge in [-0.1, -0.05) is 23.7 Å². The number of halogens is 1. The second-order valence-corrected chi connectivity index (χ2v) is 6.56. The Kier molecular flexibility index (Phi) is 7.29. The highest BCUT2D eigenvalue weighted by Gasteiger charge is 2.11. The second kappa shape index (κ2) is 10.3. The predicted octanol–water partition coefficient (Wildman–Crippen LogP) is 4.98. The molecule has 0 aliphatic heterocycles. The normalized spacial score (nSPS) is 10.2. The monoisotopic (exact) mass is 425 g/mol. The molecule has 0 aromatic heterocycles. The first-order chi connectivity index (χ1) is 14.5. The van der Waals surface area contributed by atoms with Crippen molar-refractivity contribution in [2.45, 2.75) is 6.92 Å². The van der Waals surface area contributed by atoms with Gasteiger partial charge in [-0.15, -0.1) is 0 Å². The summed E-state index contributed by atoms with van der Waals surface area (Å²) in [4.78, 5) is 24.4. The van der Waals surface area contributed by atoms with Crippen molar-refractivity contribution in [3.63, 3.8) is 0 Å². The Morgan fingerprint density at radius 1 is 0.867 bits per heavy atom. The van der Waals surface area contributed by atoms with E-state index in [-0.39, 0.29) is 12.5 Å². The Morgan fingerprint density at radius 2 is 1.50 bits per heavy atom. The van der Waals surface area contributed by atoms with E-state index in [1.54, 1.807) is 66.7 Å². The standard InChI is InChI=1S/C23H20ClNO5/c1-2-28-20-5-3-4-6-21(20)29-15-22(26)30-19-13-7-16(8-14-19)23(27)25-18-11-9-17(24)10-12-18/h3-14H,2,15H2,1H3,(H,25,27). The summed E-state index contributed by atoms with van der Waals surface area (Å²) < 4.78 is 16.2. The largest absolute Gasteiger partial charge is 0.490 e. The zero-order chi connectivity index (χ0) is 21.3. The zero-order valence-corrected chi connectivity index (χ0v) is 17.0. The van der Waals surface area contributed by atoms with Crippen molar-refractivity contribution >= 4 is 29.2 Å². The van der Waals surface area contributed by atoms with Gasteiger partial charge in [0.1, 0.15) is 5.75 Å². The van der Waals surface area contributed by atoms with Gasteiger partial charge in [0.2, 0.25) is 0 Å². The Bertz CT molecular complexity index is 1000. The van der Waals surface area contributed by atoms with Crippen molar-refractivity contribution in [1.82, 2.24) is 0 Å². The van der Waals surface area contributed by atoms with Crippen molar-refractivity contribution in [3.05, 3.63) is 83.4 Å². The summed E-state index contributed by atoms with van der Waals surface area (Å²) in [6.45, 7) is 2.08. The summed E-state index contributed by atoms with van der Waals surface area (Å²) >= 11 is 5.83. The van der Waals surface area contributed by atoms with Crippen LogP contribution in [0.25, 0.3) is 0 Å². The van der Waals surface area contributed by atoms with Crippen LogP contribution in [0.1, 0.15) is 17.3 Å². The SMILES string of the molecule is CCOc1ccccc1OCC(=O)Oc1ccc(C(=O)Nc2ccc(Cl)cc2)cc1.